The van der Waals surface area contributed by atoms with Crippen LogP contribution in [0.3, 0.4) is 0 Å². The van der Waals surface area contributed by atoms with Gasteiger partial charge in [0, 0.05) is 18.6 Å². The summed E-state index contributed by atoms with van der Waals surface area (Å²) < 4.78 is 5.56. The Morgan fingerprint density at radius 1 is 1.71 bits per heavy atom. The average molecular weight is 197 g/mol. The van der Waals surface area contributed by atoms with E-state index >= 15 is 0 Å². The lowest BCUT2D eigenvalue weighted by molar-refractivity contribution is -0.420. The molecule has 0 aromatic carbocycles. The number of nitro groups is 1. The first-order chi connectivity index (χ1) is 6.49. The van der Waals surface area contributed by atoms with Gasteiger partial charge < -0.3 is 4.74 Å². The molecule has 1 aliphatic carbocycles. The fraction of sp³-hybridized carbons (Fsp3) is 0.600. The molecular formula is C10H15NO3. The fourth-order valence-electron chi connectivity index (χ4n) is 1.49. The maximum absolute atomic E-state index is 10.5. The number of hydrogen-bond acceptors (Lipinski definition) is 3. The van der Waals surface area contributed by atoms with Crippen LogP contribution in [0.5, 0.6) is 0 Å². The monoisotopic (exact) mass is 197 g/mol. The van der Waals surface area contributed by atoms with E-state index in [1.807, 2.05) is 20.8 Å². The zero-order chi connectivity index (χ0) is 10.8. The summed E-state index contributed by atoms with van der Waals surface area (Å²) >= 11 is 0. The first-order valence-corrected chi connectivity index (χ1v) is 4.69. The molecule has 14 heavy (non-hydrogen) atoms. The van der Waals surface area contributed by atoms with Crippen LogP contribution >= 0.6 is 0 Å². The number of rotatable bonds is 3. The summed E-state index contributed by atoms with van der Waals surface area (Å²) in [7, 11) is 0. The molecular weight excluding hydrogens is 182 g/mol. The van der Waals surface area contributed by atoms with E-state index in [0.29, 0.717) is 6.61 Å². The molecule has 0 amide bonds. The lowest BCUT2D eigenvalue weighted by Crippen LogP contribution is -2.35. The van der Waals surface area contributed by atoms with E-state index in [1.165, 1.54) is 6.08 Å². The van der Waals surface area contributed by atoms with Crippen LogP contribution in [0, 0.1) is 16.0 Å². The van der Waals surface area contributed by atoms with Crippen molar-refractivity contribution >= 4 is 0 Å². The first-order valence-electron chi connectivity index (χ1n) is 4.69. The topological polar surface area (TPSA) is 52.4 Å². The molecule has 0 saturated heterocycles. The maximum atomic E-state index is 10.5. The van der Waals surface area contributed by atoms with Crippen molar-refractivity contribution in [3.8, 4) is 0 Å². The molecule has 0 heterocycles. The first kappa shape index (κ1) is 10.9. The highest BCUT2D eigenvalue weighted by atomic mass is 16.6. The normalized spacial score (nSPS) is 31.4. The Morgan fingerprint density at radius 2 is 2.36 bits per heavy atom. The molecule has 0 radical (unpaired) electrons. The smallest absolute Gasteiger partial charge is 0.265 e. The second kappa shape index (κ2) is 3.92. The minimum absolute atomic E-state index is 0.0212. The Morgan fingerprint density at radius 3 is 2.79 bits per heavy atom. The van der Waals surface area contributed by atoms with Crippen LogP contribution in [0.2, 0.25) is 0 Å². The number of hydrogen-bond donors (Lipinski definition) is 0. The van der Waals surface area contributed by atoms with Gasteiger partial charge in [-0.15, -0.1) is 0 Å². The van der Waals surface area contributed by atoms with Crippen LogP contribution in [0.4, 0.5) is 0 Å². The predicted molar refractivity (Wildman–Crippen MR) is 53.4 cm³/mol. The Balaban J connectivity index is 2.85. The van der Waals surface area contributed by atoms with Crippen molar-refractivity contribution in [1.29, 1.82) is 0 Å². The van der Waals surface area contributed by atoms with Crippen LogP contribution in [0.1, 0.15) is 20.8 Å². The summed E-state index contributed by atoms with van der Waals surface area (Å²) in [6.07, 6.45) is 4.91. The van der Waals surface area contributed by atoms with Crippen molar-refractivity contribution < 1.29 is 9.66 Å². The van der Waals surface area contributed by atoms with Crippen molar-refractivity contribution in [1.82, 2.24) is 0 Å². The molecule has 1 aliphatic rings. The second-order valence-electron chi connectivity index (χ2n) is 3.59. The second-order valence-corrected chi connectivity index (χ2v) is 3.59. The summed E-state index contributed by atoms with van der Waals surface area (Å²) in [5.74, 6) is 0.0212. The van der Waals surface area contributed by atoms with Gasteiger partial charge in [0.15, 0.2) is 0 Å². The molecule has 2 atom stereocenters. The highest BCUT2D eigenvalue weighted by molar-refractivity contribution is 5.24. The molecule has 1 rings (SSSR count). The van der Waals surface area contributed by atoms with Crippen LogP contribution in [0.25, 0.3) is 0 Å². The van der Waals surface area contributed by atoms with Gasteiger partial charge in [0.05, 0.1) is 10.5 Å². The van der Waals surface area contributed by atoms with E-state index in [9.17, 15) is 10.1 Å². The highest BCUT2D eigenvalue weighted by Gasteiger charge is 2.32. The number of allylic oxidation sites excluding steroid dienone is 1. The minimum Gasteiger partial charge on any atom is -0.371 e. The molecule has 0 saturated carbocycles. The Bertz CT molecular complexity index is 296. The van der Waals surface area contributed by atoms with Crippen molar-refractivity contribution in [2.45, 2.75) is 26.4 Å². The zero-order valence-electron chi connectivity index (χ0n) is 8.69. The molecule has 0 spiro atoms. The molecule has 0 N–H and O–H groups in total. The van der Waals surface area contributed by atoms with Crippen molar-refractivity contribution in [2.24, 2.45) is 5.92 Å². The molecule has 2 unspecified atom stereocenters. The Labute approximate surface area is 83.4 Å². The van der Waals surface area contributed by atoms with Gasteiger partial charge in [-0.25, -0.2) is 0 Å². The van der Waals surface area contributed by atoms with Gasteiger partial charge in [-0.3, -0.25) is 10.1 Å². The third kappa shape index (κ3) is 2.01. The SMILES string of the molecule is CCOC1(C)C=CC([N+](=O)[O-])=CC1C. The summed E-state index contributed by atoms with van der Waals surface area (Å²) in [6, 6.07) is 0. The molecule has 0 bridgehead atoms. The van der Waals surface area contributed by atoms with Gasteiger partial charge in [-0.1, -0.05) is 6.92 Å². The van der Waals surface area contributed by atoms with Gasteiger partial charge in [-0.05, 0) is 26.0 Å². The van der Waals surface area contributed by atoms with Gasteiger partial charge in [0.1, 0.15) is 0 Å². The molecule has 4 heteroatoms. The van der Waals surface area contributed by atoms with E-state index in [0.717, 1.165) is 0 Å². The molecule has 78 valence electrons. The van der Waals surface area contributed by atoms with Gasteiger partial charge in [0.2, 0.25) is 0 Å². The quantitative estimate of drug-likeness (QED) is 0.514. The molecule has 0 aliphatic heterocycles. The summed E-state index contributed by atoms with van der Waals surface area (Å²) in [4.78, 5) is 10.1. The Kier molecular flexibility index (Phi) is 3.06. The fourth-order valence-corrected chi connectivity index (χ4v) is 1.49. The van der Waals surface area contributed by atoms with Crippen molar-refractivity contribution in [2.75, 3.05) is 6.61 Å². The van der Waals surface area contributed by atoms with Crippen LogP contribution in [0.15, 0.2) is 23.9 Å². The van der Waals surface area contributed by atoms with Crippen molar-refractivity contribution in [3.05, 3.63) is 34.0 Å². The van der Waals surface area contributed by atoms with E-state index < -0.39 is 5.60 Å². The van der Waals surface area contributed by atoms with E-state index in [4.69, 9.17) is 4.74 Å². The summed E-state index contributed by atoms with van der Waals surface area (Å²) in [5, 5.41) is 10.5. The van der Waals surface area contributed by atoms with Crippen molar-refractivity contribution in [3.63, 3.8) is 0 Å². The molecule has 0 fully saturated rings. The lowest BCUT2D eigenvalue weighted by Gasteiger charge is -2.32. The lowest BCUT2D eigenvalue weighted by atomic mass is 9.86. The molecule has 0 aromatic heterocycles. The van der Waals surface area contributed by atoms with Crippen LogP contribution in [-0.4, -0.2) is 17.1 Å². The largest absolute Gasteiger partial charge is 0.371 e. The summed E-state index contributed by atoms with van der Waals surface area (Å²) in [5.41, 5.74) is -0.261. The number of nitrogens with zero attached hydrogens (tertiary/aromatic N) is 1. The minimum atomic E-state index is -0.408. The standard InChI is InChI=1S/C10H15NO3/c1-4-14-10(3)6-5-9(11(12)13)7-8(10)2/h5-8H,4H2,1-3H3. The maximum Gasteiger partial charge on any atom is 0.265 e. The van der Waals surface area contributed by atoms with Crippen LogP contribution < -0.4 is 0 Å². The van der Waals surface area contributed by atoms with E-state index in [-0.39, 0.29) is 16.5 Å². The third-order valence-corrected chi connectivity index (χ3v) is 2.58. The van der Waals surface area contributed by atoms with Crippen LogP contribution in [-0.2, 0) is 4.74 Å². The van der Waals surface area contributed by atoms with Gasteiger partial charge >= 0.3 is 0 Å². The van der Waals surface area contributed by atoms with E-state index in [1.54, 1.807) is 12.2 Å². The molecule has 0 aromatic rings. The van der Waals surface area contributed by atoms with Gasteiger partial charge in [-0.2, -0.15) is 0 Å². The molecule has 4 nitrogen and oxygen atoms in total. The van der Waals surface area contributed by atoms with E-state index in [2.05, 4.69) is 0 Å². The number of ether oxygens (including phenoxy) is 1. The zero-order valence-corrected chi connectivity index (χ0v) is 8.69. The predicted octanol–water partition coefficient (Wildman–Crippen LogP) is 2.15. The summed E-state index contributed by atoms with van der Waals surface area (Å²) in [6.45, 7) is 6.37. The van der Waals surface area contributed by atoms with Gasteiger partial charge in [0.25, 0.3) is 5.70 Å². The Hall–Kier alpha value is -1.16. The third-order valence-electron chi connectivity index (χ3n) is 2.58. The average Bonchev–Trinajstić information content (AvgIpc) is 2.10. The highest BCUT2D eigenvalue weighted by Crippen LogP contribution is 2.30.